The van der Waals surface area contributed by atoms with Crippen LogP contribution in [0, 0.1) is 5.82 Å². The summed E-state index contributed by atoms with van der Waals surface area (Å²) in [5.41, 5.74) is 0.528. The molecule has 0 aliphatic heterocycles. The first kappa shape index (κ1) is 26.8. The lowest BCUT2D eigenvalue weighted by molar-refractivity contribution is -0.139. The van der Waals surface area contributed by atoms with Crippen LogP contribution in [-0.4, -0.2) is 50.0 Å². The van der Waals surface area contributed by atoms with Gasteiger partial charge in [-0.2, -0.15) is 0 Å². The van der Waals surface area contributed by atoms with Crippen molar-refractivity contribution in [3.8, 4) is 0 Å². The lowest BCUT2D eigenvalue weighted by Crippen LogP contribution is -2.52. The van der Waals surface area contributed by atoms with Crippen LogP contribution in [0.5, 0.6) is 0 Å². The Morgan fingerprint density at radius 1 is 1.09 bits per heavy atom. The minimum absolute atomic E-state index is 0.111. The summed E-state index contributed by atoms with van der Waals surface area (Å²) in [6.45, 7) is 4.59. The SMILES string of the molecule is CC[C@H](C)NC(=O)[C@@H](C)N(Cc1ccccc1F)C(=O)CN(c1ccc(Br)cc1)S(C)(=O)=O. The van der Waals surface area contributed by atoms with Crippen molar-refractivity contribution < 1.29 is 22.4 Å². The van der Waals surface area contributed by atoms with Crippen LogP contribution >= 0.6 is 15.9 Å². The molecular weight excluding hydrogens is 513 g/mol. The quantitative estimate of drug-likeness (QED) is 0.497. The maximum Gasteiger partial charge on any atom is 0.244 e. The molecule has 33 heavy (non-hydrogen) atoms. The minimum atomic E-state index is -3.81. The molecule has 0 fully saturated rings. The van der Waals surface area contributed by atoms with Crippen molar-refractivity contribution in [1.82, 2.24) is 10.2 Å². The number of nitrogens with one attached hydrogen (secondary N) is 1. The molecule has 2 atom stereocenters. The van der Waals surface area contributed by atoms with Gasteiger partial charge in [0, 0.05) is 22.6 Å². The molecule has 0 heterocycles. The first-order valence-corrected chi connectivity index (χ1v) is 13.1. The van der Waals surface area contributed by atoms with E-state index in [1.54, 1.807) is 37.3 Å². The average Bonchev–Trinajstić information content (AvgIpc) is 2.76. The van der Waals surface area contributed by atoms with Crippen molar-refractivity contribution >= 4 is 43.5 Å². The van der Waals surface area contributed by atoms with Gasteiger partial charge in [0.05, 0.1) is 11.9 Å². The summed E-state index contributed by atoms with van der Waals surface area (Å²) in [5.74, 6) is -1.54. The largest absolute Gasteiger partial charge is 0.352 e. The zero-order chi connectivity index (χ0) is 24.8. The number of carbonyl (C=O) groups is 2. The molecule has 0 unspecified atom stereocenters. The highest BCUT2D eigenvalue weighted by Crippen LogP contribution is 2.22. The summed E-state index contributed by atoms with van der Waals surface area (Å²) >= 11 is 3.30. The number of carbonyl (C=O) groups excluding carboxylic acids is 2. The Balaban J connectivity index is 2.39. The Morgan fingerprint density at radius 3 is 2.24 bits per heavy atom. The Morgan fingerprint density at radius 2 is 1.70 bits per heavy atom. The summed E-state index contributed by atoms with van der Waals surface area (Å²) in [6.07, 6.45) is 1.70. The van der Waals surface area contributed by atoms with E-state index >= 15 is 0 Å². The van der Waals surface area contributed by atoms with Gasteiger partial charge in [0.25, 0.3) is 0 Å². The van der Waals surface area contributed by atoms with Crippen molar-refractivity contribution in [3.05, 3.63) is 64.4 Å². The van der Waals surface area contributed by atoms with E-state index in [1.165, 1.54) is 23.1 Å². The van der Waals surface area contributed by atoms with Gasteiger partial charge in [0.1, 0.15) is 18.4 Å². The van der Waals surface area contributed by atoms with E-state index in [-0.39, 0.29) is 18.2 Å². The van der Waals surface area contributed by atoms with Crippen molar-refractivity contribution in [3.63, 3.8) is 0 Å². The summed E-state index contributed by atoms with van der Waals surface area (Å²) in [6, 6.07) is 11.4. The van der Waals surface area contributed by atoms with Gasteiger partial charge in [-0.25, -0.2) is 12.8 Å². The predicted molar refractivity (Wildman–Crippen MR) is 131 cm³/mol. The number of rotatable bonds is 10. The Hall–Kier alpha value is -2.46. The highest BCUT2D eigenvalue weighted by molar-refractivity contribution is 9.10. The van der Waals surface area contributed by atoms with Crippen LogP contribution in [0.3, 0.4) is 0 Å². The molecule has 2 amide bonds. The van der Waals surface area contributed by atoms with Gasteiger partial charge < -0.3 is 10.2 Å². The Kier molecular flexibility index (Phi) is 9.42. The van der Waals surface area contributed by atoms with Gasteiger partial charge in [-0.05, 0) is 50.6 Å². The number of nitrogens with zero attached hydrogens (tertiary/aromatic N) is 2. The number of anilines is 1. The first-order valence-electron chi connectivity index (χ1n) is 10.5. The standard InChI is InChI=1S/C23H29BrFN3O4S/c1-5-16(2)26-23(30)17(3)27(14-18-8-6-7-9-21(18)25)22(29)15-28(33(4,31)32)20-12-10-19(24)11-13-20/h6-13,16-17H,5,14-15H2,1-4H3,(H,26,30)/t16-,17+/m0/s1. The fraction of sp³-hybridized carbons (Fsp3) is 0.391. The van der Waals surface area contributed by atoms with Crippen molar-refractivity contribution in [2.24, 2.45) is 0 Å². The molecule has 1 N–H and O–H groups in total. The normalized spacial score (nSPS) is 13.2. The number of hydrogen-bond donors (Lipinski definition) is 1. The van der Waals surface area contributed by atoms with Crippen molar-refractivity contribution in [2.75, 3.05) is 17.1 Å². The van der Waals surface area contributed by atoms with Gasteiger partial charge in [-0.15, -0.1) is 0 Å². The molecule has 2 rings (SSSR count). The number of hydrogen-bond acceptors (Lipinski definition) is 4. The van der Waals surface area contributed by atoms with Crippen LogP contribution in [0.4, 0.5) is 10.1 Å². The highest BCUT2D eigenvalue weighted by Gasteiger charge is 2.30. The average molecular weight is 542 g/mol. The van der Waals surface area contributed by atoms with E-state index in [4.69, 9.17) is 0 Å². The topological polar surface area (TPSA) is 86.8 Å². The molecule has 0 aromatic heterocycles. The van der Waals surface area contributed by atoms with Crippen molar-refractivity contribution in [2.45, 2.75) is 45.8 Å². The van der Waals surface area contributed by atoms with E-state index in [1.807, 2.05) is 13.8 Å². The maximum atomic E-state index is 14.3. The third kappa shape index (κ3) is 7.53. The second kappa shape index (κ2) is 11.6. The van der Waals surface area contributed by atoms with Gasteiger partial charge in [-0.1, -0.05) is 41.1 Å². The van der Waals surface area contributed by atoms with E-state index in [0.717, 1.165) is 15.0 Å². The Labute approximate surface area is 203 Å². The zero-order valence-corrected chi connectivity index (χ0v) is 21.5. The summed E-state index contributed by atoms with van der Waals surface area (Å²) < 4.78 is 41.0. The van der Waals surface area contributed by atoms with Gasteiger partial charge in [0.2, 0.25) is 21.8 Å². The van der Waals surface area contributed by atoms with E-state index in [2.05, 4.69) is 21.2 Å². The van der Waals surface area contributed by atoms with Crippen LogP contribution in [0.2, 0.25) is 0 Å². The lowest BCUT2D eigenvalue weighted by atomic mass is 10.1. The monoisotopic (exact) mass is 541 g/mol. The molecule has 0 aliphatic carbocycles. The van der Waals surface area contributed by atoms with Crippen LogP contribution in [-0.2, 0) is 26.2 Å². The second-order valence-electron chi connectivity index (χ2n) is 7.85. The van der Waals surface area contributed by atoms with Crippen LogP contribution < -0.4 is 9.62 Å². The van der Waals surface area contributed by atoms with E-state index in [0.29, 0.717) is 12.1 Å². The summed E-state index contributed by atoms with van der Waals surface area (Å²) in [4.78, 5) is 27.4. The molecule has 2 aromatic carbocycles. The first-order chi connectivity index (χ1) is 15.4. The van der Waals surface area contributed by atoms with Gasteiger partial charge >= 0.3 is 0 Å². The fourth-order valence-corrected chi connectivity index (χ4v) is 4.19. The molecule has 0 radical (unpaired) electrons. The summed E-state index contributed by atoms with van der Waals surface area (Å²) in [7, 11) is -3.81. The number of sulfonamides is 1. The fourth-order valence-electron chi connectivity index (χ4n) is 3.08. The maximum absolute atomic E-state index is 14.3. The third-order valence-electron chi connectivity index (χ3n) is 5.26. The molecule has 180 valence electrons. The number of amides is 2. The van der Waals surface area contributed by atoms with E-state index in [9.17, 15) is 22.4 Å². The molecular formula is C23H29BrFN3O4S. The van der Waals surface area contributed by atoms with E-state index < -0.39 is 40.2 Å². The van der Waals surface area contributed by atoms with Crippen LogP contribution in [0.1, 0.15) is 32.8 Å². The van der Waals surface area contributed by atoms with Crippen LogP contribution in [0.15, 0.2) is 53.0 Å². The van der Waals surface area contributed by atoms with Crippen molar-refractivity contribution in [1.29, 1.82) is 0 Å². The summed E-state index contributed by atoms with van der Waals surface area (Å²) in [5, 5.41) is 2.82. The van der Waals surface area contributed by atoms with Gasteiger partial charge in [0.15, 0.2) is 0 Å². The van der Waals surface area contributed by atoms with Gasteiger partial charge in [-0.3, -0.25) is 13.9 Å². The smallest absolute Gasteiger partial charge is 0.244 e. The molecule has 0 bridgehead atoms. The number of halogens is 2. The van der Waals surface area contributed by atoms with Crippen LogP contribution in [0.25, 0.3) is 0 Å². The molecule has 0 saturated heterocycles. The molecule has 7 nitrogen and oxygen atoms in total. The second-order valence-corrected chi connectivity index (χ2v) is 10.7. The highest BCUT2D eigenvalue weighted by atomic mass is 79.9. The lowest BCUT2D eigenvalue weighted by Gasteiger charge is -2.32. The molecule has 10 heteroatoms. The molecule has 2 aromatic rings. The Bertz CT molecular complexity index is 1080. The molecule has 0 saturated carbocycles. The minimum Gasteiger partial charge on any atom is -0.352 e. The number of benzene rings is 2. The zero-order valence-electron chi connectivity index (χ0n) is 19.1. The predicted octanol–water partition coefficient (Wildman–Crippen LogP) is 3.69. The molecule has 0 aliphatic rings. The molecule has 0 spiro atoms. The third-order valence-corrected chi connectivity index (χ3v) is 6.93.